The van der Waals surface area contributed by atoms with Crippen molar-refractivity contribution < 1.29 is 24.1 Å². The summed E-state index contributed by atoms with van der Waals surface area (Å²) in [5.74, 6) is 0.149. The van der Waals surface area contributed by atoms with Crippen LogP contribution in [0, 0.1) is 5.92 Å². The maximum Gasteiger partial charge on any atom is 0.407 e. The summed E-state index contributed by atoms with van der Waals surface area (Å²) in [5, 5.41) is 12.5. The van der Waals surface area contributed by atoms with E-state index in [9.17, 15) is 9.90 Å². The van der Waals surface area contributed by atoms with E-state index in [0.29, 0.717) is 12.6 Å². The number of hydrogen-bond acceptors (Lipinski definition) is 7. The van der Waals surface area contributed by atoms with E-state index in [1.165, 1.54) is 38.8 Å². The molecule has 3 aliphatic heterocycles. The number of ether oxygens (including phenoxy) is 3. The highest BCUT2D eigenvalue weighted by molar-refractivity contribution is 5.70. The largest absolute Gasteiger partial charge is 0.445 e. The van der Waals surface area contributed by atoms with Gasteiger partial charge in [0, 0.05) is 37.2 Å². The van der Waals surface area contributed by atoms with Crippen LogP contribution in [0.5, 0.6) is 0 Å². The summed E-state index contributed by atoms with van der Waals surface area (Å²) >= 11 is 0. The van der Waals surface area contributed by atoms with E-state index in [1.807, 2.05) is 30.3 Å². The third-order valence-electron chi connectivity index (χ3n) is 9.97. The number of hydrogen-bond donors (Lipinski definition) is 2. The third kappa shape index (κ3) is 8.31. The SMILES string of the molecule is C=CCOC(=O)NCc1ccccc1-c1ccc([C@@H]2O[C@H](CN3CCC[C@H]3CN3CCCC3)[C@H](C)[C@H](c3ccc(CO)cc3)O2)cc1. The first kappa shape index (κ1) is 33.4. The standard InChI is InChI=1S/C39H49N3O5/c1-3-23-45-39(44)40-24-33-9-4-5-11-35(33)30-16-18-32(19-17-30)38-46-36(26-42-22-8-10-34(42)25-41-20-6-7-21-41)28(2)37(47-38)31-14-12-29(27-43)13-15-31/h3-5,9,11-19,28,34,36-38,43H,1,6-8,10,20-27H2,2H3,(H,40,44)/t28-,34-,36+,37+,38+/m0/s1. The molecule has 3 fully saturated rings. The van der Waals surface area contributed by atoms with Crippen LogP contribution in [0.15, 0.2) is 85.5 Å². The van der Waals surface area contributed by atoms with Gasteiger partial charge in [-0.05, 0) is 73.1 Å². The van der Waals surface area contributed by atoms with Crippen LogP contribution < -0.4 is 5.32 Å². The Labute approximate surface area is 279 Å². The van der Waals surface area contributed by atoms with Crippen molar-refractivity contribution in [3.63, 3.8) is 0 Å². The van der Waals surface area contributed by atoms with Crippen molar-refractivity contribution >= 4 is 6.09 Å². The molecule has 0 spiro atoms. The van der Waals surface area contributed by atoms with Crippen LogP contribution in [0.25, 0.3) is 11.1 Å². The highest BCUT2D eigenvalue weighted by Gasteiger charge is 2.40. The monoisotopic (exact) mass is 639 g/mol. The molecule has 3 aromatic carbocycles. The van der Waals surface area contributed by atoms with Gasteiger partial charge in [0.05, 0.1) is 18.8 Å². The van der Waals surface area contributed by atoms with Crippen molar-refractivity contribution in [3.05, 3.63) is 108 Å². The molecule has 3 aromatic rings. The van der Waals surface area contributed by atoms with Crippen LogP contribution in [0.4, 0.5) is 4.79 Å². The van der Waals surface area contributed by atoms with Gasteiger partial charge in [-0.15, -0.1) is 0 Å². The summed E-state index contributed by atoms with van der Waals surface area (Å²) in [7, 11) is 0. The molecule has 3 saturated heterocycles. The first-order valence-electron chi connectivity index (χ1n) is 17.2. The number of carbonyl (C=O) groups is 1. The third-order valence-corrected chi connectivity index (χ3v) is 9.97. The molecule has 250 valence electrons. The van der Waals surface area contributed by atoms with Crippen molar-refractivity contribution in [1.82, 2.24) is 15.1 Å². The number of alkyl carbamates (subject to hydrolysis) is 1. The zero-order valence-corrected chi connectivity index (χ0v) is 27.6. The van der Waals surface area contributed by atoms with Crippen molar-refractivity contribution in [1.29, 1.82) is 0 Å². The molecule has 8 heteroatoms. The van der Waals surface area contributed by atoms with E-state index in [2.05, 4.69) is 71.1 Å². The highest BCUT2D eigenvalue weighted by atomic mass is 16.7. The Kier molecular flexibility index (Phi) is 11.4. The fourth-order valence-corrected chi connectivity index (χ4v) is 7.29. The molecule has 0 bridgehead atoms. The Hall–Kier alpha value is -3.53. The number of aliphatic hydroxyl groups is 1. The van der Waals surface area contributed by atoms with Crippen molar-refractivity contribution in [2.75, 3.05) is 39.3 Å². The van der Waals surface area contributed by atoms with Crippen molar-refractivity contribution in [2.24, 2.45) is 5.92 Å². The van der Waals surface area contributed by atoms with Gasteiger partial charge in [-0.2, -0.15) is 0 Å². The number of carbonyl (C=O) groups excluding carboxylic acids is 1. The maximum atomic E-state index is 12.0. The van der Waals surface area contributed by atoms with Crippen molar-refractivity contribution in [3.8, 4) is 11.1 Å². The van der Waals surface area contributed by atoms with Gasteiger partial charge in [0.2, 0.25) is 0 Å². The molecule has 0 saturated carbocycles. The highest BCUT2D eigenvalue weighted by Crippen LogP contribution is 2.42. The number of amides is 1. The van der Waals surface area contributed by atoms with Gasteiger partial charge in [-0.1, -0.05) is 92.4 Å². The molecular weight excluding hydrogens is 590 g/mol. The number of rotatable bonds is 12. The molecule has 5 atom stereocenters. The molecule has 0 aromatic heterocycles. The van der Waals surface area contributed by atoms with Crippen LogP contribution in [0.3, 0.4) is 0 Å². The summed E-state index contributed by atoms with van der Waals surface area (Å²) in [6, 6.07) is 25.1. The Bertz CT molecular complexity index is 1460. The van der Waals surface area contributed by atoms with E-state index in [4.69, 9.17) is 14.2 Å². The number of likely N-dealkylation sites (tertiary alicyclic amines) is 2. The van der Waals surface area contributed by atoms with E-state index in [1.54, 1.807) is 6.08 Å². The Morgan fingerprint density at radius 2 is 1.70 bits per heavy atom. The number of benzene rings is 3. The molecule has 0 aliphatic carbocycles. The minimum absolute atomic E-state index is 0.00256. The van der Waals surface area contributed by atoms with Gasteiger partial charge in [-0.3, -0.25) is 4.90 Å². The zero-order valence-electron chi connectivity index (χ0n) is 27.6. The van der Waals surface area contributed by atoms with Crippen LogP contribution in [-0.2, 0) is 27.4 Å². The lowest BCUT2D eigenvalue weighted by Gasteiger charge is -2.43. The predicted octanol–water partition coefficient (Wildman–Crippen LogP) is 6.61. The van der Waals surface area contributed by atoms with E-state index >= 15 is 0 Å². The summed E-state index contributed by atoms with van der Waals surface area (Å²) in [6.07, 6.45) is 5.55. The average molecular weight is 640 g/mol. The average Bonchev–Trinajstić information content (AvgIpc) is 3.80. The van der Waals surface area contributed by atoms with Gasteiger partial charge in [0.1, 0.15) is 6.61 Å². The summed E-state index contributed by atoms with van der Waals surface area (Å²) in [4.78, 5) is 17.3. The Balaban J connectivity index is 1.20. The second kappa shape index (κ2) is 16.0. The molecule has 0 radical (unpaired) electrons. The molecule has 8 nitrogen and oxygen atoms in total. The lowest BCUT2D eigenvalue weighted by Crippen LogP contribution is -2.48. The molecule has 3 heterocycles. The quantitative estimate of drug-likeness (QED) is 0.216. The second-order valence-electron chi connectivity index (χ2n) is 13.1. The van der Waals surface area contributed by atoms with E-state index < -0.39 is 12.4 Å². The van der Waals surface area contributed by atoms with E-state index in [-0.39, 0.29) is 31.3 Å². The molecule has 2 N–H and O–H groups in total. The van der Waals surface area contributed by atoms with Gasteiger partial charge in [-0.25, -0.2) is 4.79 Å². The number of nitrogens with one attached hydrogen (secondary N) is 1. The Morgan fingerprint density at radius 3 is 2.45 bits per heavy atom. The predicted molar refractivity (Wildman–Crippen MR) is 184 cm³/mol. The van der Waals surface area contributed by atoms with Gasteiger partial charge in [0.25, 0.3) is 0 Å². The molecule has 0 unspecified atom stereocenters. The fraction of sp³-hybridized carbons (Fsp3) is 0.462. The van der Waals surface area contributed by atoms with Crippen LogP contribution in [0.2, 0.25) is 0 Å². The molecule has 6 rings (SSSR count). The zero-order chi connectivity index (χ0) is 32.6. The molecule has 1 amide bonds. The van der Waals surface area contributed by atoms with Crippen LogP contribution in [0.1, 0.15) is 67.3 Å². The molecule has 47 heavy (non-hydrogen) atoms. The molecular formula is C39H49N3O5. The van der Waals surface area contributed by atoms with Gasteiger partial charge >= 0.3 is 6.09 Å². The Morgan fingerprint density at radius 1 is 0.957 bits per heavy atom. The number of aliphatic hydroxyl groups excluding tert-OH is 1. The second-order valence-corrected chi connectivity index (χ2v) is 13.1. The summed E-state index contributed by atoms with van der Waals surface area (Å²) < 4.78 is 18.7. The first-order chi connectivity index (χ1) is 23.0. The minimum atomic E-state index is -0.510. The summed E-state index contributed by atoms with van der Waals surface area (Å²) in [5.41, 5.74) is 6.05. The lowest BCUT2D eigenvalue weighted by atomic mass is 9.89. The van der Waals surface area contributed by atoms with E-state index in [0.717, 1.165) is 53.0 Å². The summed E-state index contributed by atoms with van der Waals surface area (Å²) in [6.45, 7) is 12.0. The minimum Gasteiger partial charge on any atom is -0.445 e. The lowest BCUT2D eigenvalue weighted by molar-refractivity contribution is -0.276. The number of nitrogens with zero attached hydrogens (tertiary/aromatic N) is 2. The van der Waals surface area contributed by atoms with Crippen molar-refractivity contribution in [2.45, 2.75) is 70.3 Å². The van der Waals surface area contributed by atoms with Gasteiger partial charge in [0.15, 0.2) is 6.29 Å². The fourth-order valence-electron chi connectivity index (χ4n) is 7.29. The normalized spacial score (nSPS) is 25.1. The smallest absolute Gasteiger partial charge is 0.407 e. The maximum absolute atomic E-state index is 12.0. The van der Waals surface area contributed by atoms with Gasteiger partial charge < -0.3 is 29.5 Å². The van der Waals surface area contributed by atoms with Crippen LogP contribution in [-0.4, -0.2) is 72.5 Å². The van der Waals surface area contributed by atoms with Crippen LogP contribution >= 0.6 is 0 Å². The first-order valence-corrected chi connectivity index (χ1v) is 17.2. The molecule has 3 aliphatic rings. The topological polar surface area (TPSA) is 83.5 Å².